The minimum Gasteiger partial charge on any atom is -0.490 e. The lowest BCUT2D eigenvalue weighted by atomic mass is 10.3. The molecule has 31 heavy (non-hydrogen) atoms. The van der Waals surface area contributed by atoms with Crippen LogP contribution in [-0.2, 0) is 14.8 Å². The first kappa shape index (κ1) is 22.8. The van der Waals surface area contributed by atoms with Gasteiger partial charge in [0.05, 0.1) is 16.9 Å². The molecule has 0 unspecified atom stereocenters. The molecule has 0 saturated carbocycles. The first-order valence-corrected chi connectivity index (χ1v) is 11.0. The molecule has 1 heterocycles. The zero-order chi connectivity index (χ0) is 22.6. The van der Waals surface area contributed by atoms with Crippen LogP contribution >= 0.6 is 11.6 Å². The highest BCUT2D eigenvalue weighted by Gasteiger charge is 2.32. The van der Waals surface area contributed by atoms with E-state index in [-0.39, 0.29) is 49.3 Å². The van der Waals surface area contributed by atoms with Crippen molar-refractivity contribution in [2.75, 3.05) is 39.9 Å². The van der Waals surface area contributed by atoms with Gasteiger partial charge in [-0.3, -0.25) is 14.9 Å². The number of ether oxygens (including phenoxy) is 2. The number of sulfonamides is 1. The van der Waals surface area contributed by atoms with Crippen LogP contribution in [0.25, 0.3) is 0 Å². The monoisotopic (exact) mass is 469 g/mol. The van der Waals surface area contributed by atoms with E-state index < -0.39 is 20.6 Å². The van der Waals surface area contributed by atoms with Crippen LogP contribution in [0, 0.1) is 10.1 Å². The maximum Gasteiger partial charge on any atom is 0.312 e. The number of hydrogen-bond donors (Lipinski definition) is 0. The topological polar surface area (TPSA) is 119 Å². The molecule has 2 aromatic rings. The van der Waals surface area contributed by atoms with Gasteiger partial charge in [0.15, 0.2) is 12.4 Å². The van der Waals surface area contributed by atoms with Crippen LogP contribution in [0.15, 0.2) is 47.4 Å². The van der Waals surface area contributed by atoms with Crippen molar-refractivity contribution in [1.29, 1.82) is 0 Å². The van der Waals surface area contributed by atoms with Gasteiger partial charge in [-0.2, -0.15) is 4.31 Å². The standard InChI is InChI=1S/C19H20ClN3O7S/c1-29-18-6-5-16(12-17(18)23(25)26)31(27,28)22-9-7-21(8-10-22)19(24)13-30-15-4-2-3-14(20)11-15/h2-6,11-12H,7-10,13H2,1H3. The number of nitro groups is 1. The molecule has 0 radical (unpaired) electrons. The number of benzene rings is 2. The summed E-state index contributed by atoms with van der Waals surface area (Å²) in [4.78, 5) is 24.2. The quantitative estimate of drug-likeness (QED) is 0.450. The van der Waals surface area contributed by atoms with Gasteiger partial charge in [-0.1, -0.05) is 17.7 Å². The zero-order valence-corrected chi connectivity index (χ0v) is 18.1. The molecule has 0 N–H and O–H groups in total. The molecular formula is C19H20ClN3O7S. The Bertz CT molecular complexity index is 1090. The normalized spacial score (nSPS) is 14.8. The number of carbonyl (C=O) groups is 1. The molecule has 0 atom stereocenters. The summed E-state index contributed by atoms with van der Waals surface area (Å²) in [6.45, 7) is 0.276. The number of halogens is 1. The molecule has 10 nitrogen and oxygen atoms in total. The summed E-state index contributed by atoms with van der Waals surface area (Å²) < 4.78 is 37.3. The third-order valence-electron chi connectivity index (χ3n) is 4.73. The largest absolute Gasteiger partial charge is 0.490 e. The Labute approximate surface area is 184 Å². The summed E-state index contributed by atoms with van der Waals surface area (Å²) in [7, 11) is -2.70. The second-order valence-electron chi connectivity index (χ2n) is 6.62. The van der Waals surface area contributed by atoms with Crippen molar-refractivity contribution in [3.8, 4) is 11.5 Å². The molecule has 0 bridgehead atoms. The summed E-state index contributed by atoms with van der Waals surface area (Å²) in [5.74, 6) is 0.152. The highest BCUT2D eigenvalue weighted by molar-refractivity contribution is 7.89. The molecule has 0 spiro atoms. The Morgan fingerprint density at radius 1 is 1.16 bits per heavy atom. The number of piperazine rings is 1. The van der Waals surface area contributed by atoms with Crippen molar-refractivity contribution in [2.45, 2.75) is 4.90 Å². The van der Waals surface area contributed by atoms with E-state index in [1.165, 1.54) is 28.4 Å². The van der Waals surface area contributed by atoms with Crippen LogP contribution < -0.4 is 9.47 Å². The van der Waals surface area contributed by atoms with Gasteiger partial charge >= 0.3 is 5.69 Å². The van der Waals surface area contributed by atoms with Gasteiger partial charge in [-0.05, 0) is 30.3 Å². The molecule has 1 aliphatic heterocycles. The third kappa shape index (κ3) is 5.24. The Hall–Kier alpha value is -2.89. The van der Waals surface area contributed by atoms with Crippen LogP contribution in [0.3, 0.4) is 0 Å². The number of carbonyl (C=O) groups excluding carboxylic acids is 1. The Balaban J connectivity index is 1.62. The number of methoxy groups -OCH3 is 1. The number of hydrogen-bond acceptors (Lipinski definition) is 7. The number of amides is 1. The fourth-order valence-electron chi connectivity index (χ4n) is 3.09. The van der Waals surface area contributed by atoms with E-state index in [9.17, 15) is 23.3 Å². The second-order valence-corrected chi connectivity index (χ2v) is 9.00. The Morgan fingerprint density at radius 2 is 1.87 bits per heavy atom. The predicted octanol–water partition coefficient (Wildman–Crippen LogP) is 2.17. The minimum atomic E-state index is -3.96. The number of nitro benzene ring substituents is 1. The van der Waals surface area contributed by atoms with Crippen molar-refractivity contribution in [3.63, 3.8) is 0 Å². The van der Waals surface area contributed by atoms with E-state index in [1.54, 1.807) is 24.3 Å². The van der Waals surface area contributed by atoms with Crippen molar-refractivity contribution < 1.29 is 27.6 Å². The summed E-state index contributed by atoms with van der Waals surface area (Å²) >= 11 is 5.88. The molecule has 166 valence electrons. The summed E-state index contributed by atoms with van der Waals surface area (Å²) in [5.41, 5.74) is -0.435. The van der Waals surface area contributed by atoms with Crippen molar-refractivity contribution in [1.82, 2.24) is 9.21 Å². The zero-order valence-electron chi connectivity index (χ0n) is 16.6. The fraction of sp³-hybridized carbons (Fsp3) is 0.316. The van der Waals surface area contributed by atoms with E-state index in [4.69, 9.17) is 21.1 Å². The minimum absolute atomic E-state index is 0.0286. The summed E-state index contributed by atoms with van der Waals surface area (Å²) in [6.07, 6.45) is 0. The highest BCUT2D eigenvalue weighted by atomic mass is 35.5. The van der Waals surface area contributed by atoms with Gasteiger partial charge in [0.25, 0.3) is 5.91 Å². The molecule has 3 rings (SSSR count). The van der Waals surface area contributed by atoms with Gasteiger partial charge in [0.2, 0.25) is 10.0 Å². The van der Waals surface area contributed by atoms with Crippen LogP contribution in [0.2, 0.25) is 5.02 Å². The van der Waals surface area contributed by atoms with E-state index in [2.05, 4.69) is 0 Å². The fourth-order valence-corrected chi connectivity index (χ4v) is 4.72. The maximum absolute atomic E-state index is 12.9. The third-order valence-corrected chi connectivity index (χ3v) is 6.86. The molecule has 1 fully saturated rings. The van der Waals surface area contributed by atoms with Gasteiger partial charge in [-0.25, -0.2) is 8.42 Å². The smallest absolute Gasteiger partial charge is 0.312 e. The lowest BCUT2D eigenvalue weighted by molar-refractivity contribution is -0.386. The summed E-state index contributed by atoms with van der Waals surface area (Å²) in [5, 5.41) is 11.7. The van der Waals surface area contributed by atoms with E-state index in [1.807, 2.05) is 0 Å². The first-order chi connectivity index (χ1) is 14.7. The predicted molar refractivity (Wildman–Crippen MR) is 112 cm³/mol. The van der Waals surface area contributed by atoms with Crippen LogP contribution in [0.4, 0.5) is 5.69 Å². The molecule has 1 amide bonds. The second kappa shape index (κ2) is 9.50. The van der Waals surface area contributed by atoms with Crippen LogP contribution in [-0.4, -0.2) is 68.3 Å². The van der Waals surface area contributed by atoms with Gasteiger partial charge in [-0.15, -0.1) is 0 Å². The number of nitrogens with zero attached hydrogens (tertiary/aromatic N) is 3. The van der Waals surface area contributed by atoms with Crippen LogP contribution in [0.5, 0.6) is 11.5 Å². The Kier molecular flexibility index (Phi) is 6.98. The van der Waals surface area contributed by atoms with E-state index in [0.717, 1.165) is 6.07 Å². The molecule has 2 aromatic carbocycles. The average Bonchev–Trinajstić information content (AvgIpc) is 2.77. The molecule has 1 aliphatic rings. The van der Waals surface area contributed by atoms with Crippen LogP contribution in [0.1, 0.15) is 0 Å². The average molecular weight is 470 g/mol. The van der Waals surface area contributed by atoms with Crippen molar-refractivity contribution >= 4 is 33.2 Å². The van der Waals surface area contributed by atoms with E-state index >= 15 is 0 Å². The molecule has 0 aromatic heterocycles. The molecule has 1 saturated heterocycles. The van der Waals surface area contributed by atoms with Gasteiger partial charge in [0.1, 0.15) is 5.75 Å². The Morgan fingerprint density at radius 3 is 2.48 bits per heavy atom. The van der Waals surface area contributed by atoms with Gasteiger partial charge in [0, 0.05) is 37.3 Å². The van der Waals surface area contributed by atoms with E-state index in [0.29, 0.717) is 10.8 Å². The van der Waals surface area contributed by atoms with Gasteiger partial charge < -0.3 is 14.4 Å². The molecule has 12 heteroatoms. The SMILES string of the molecule is COc1ccc(S(=O)(=O)N2CCN(C(=O)COc3cccc(Cl)c3)CC2)cc1[N+](=O)[O-]. The van der Waals surface area contributed by atoms with Crippen molar-refractivity contribution in [3.05, 3.63) is 57.6 Å². The lowest BCUT2D eigenvalue weighted by Crippen LogP contribution is -2.51. The molecule has 0 aliphatic carbocycles. The summed E-state index contributed by atoms with van der Waals surface area (Å²) in [6, 6.07) is 10.1. The van der Waals surface area contributed by atoms with Crippen molar-refractivity contribution in [2.24, 2.45) is 0 Å². The molecular weight excluding hydrogens is 450 g/mol. The number of rotatable bonds is 7. The lowest BCUT2D eigenvalue weighted by Gasteiger charge is -2.33. The first-order valence-electron chi connectivity index (χ1n) is 9.21. The highest BCUT2D eigenvalue weighted by Crippen LogP contribution is 2.30. The maximum atomic E-state index is 12.9.